The van der Waals surface area contributed by atoms with Gasteiger partial charge in [-0.1, -0.05) is 0 Å². The lowest BCUT2D eigenvalue weighted by Crippen LogP contribution is -2.31. The maximum atomic E-state index is 13.1. The summed E-state index contributed by atoms with van der Waals surface area (Å²) in [5, 5.41) is 8.40. The van der Waals surface area contributed by atoms with E-state index in [0.717, 1.165) is 0 Å². The lowest BCUT2D eigenvalue weighted by atomic mass is 9.92. The Balaban J connectivity index is 3.16. The van der Waals surface area contributed by atoms with Crippen molar-refractivity contribution in [3.05, 3.63) is 30.5 Å². The van der Waals surface area contributed by atoms with E-state index in [9.17, 15) is 17.6 Å². The van der Waals surface area contributed by atoms with Gasteiger partial charge in [0.1, 0.15) is 11.7 Å². The highest BCUT2D eigenvalue weighted by molar-refractivity contribution is 5.34. The molecule has 0 aromatic heterocycles. The molecule has 0 aliphatic heterocycles. The second kappa shape index (κ2) is 3.14. The molecule has 0 heterocycles. The van der Waals surface area contributed by atoms with Gasteiger partial charge in [-0.05, 0) is 13.0 Å². The molecule has 1 aliphatic carbocycles. The molecular weight excluding hydrogens is 188 g/mol. The second-order valence-electron chi connectivity index (χ2n) is 2.76. The molecule has 0 aromatic rings. The lowest BCUT2D eigenvalue weighted by Gasteiger charge is -2.24. The van der Waals surface area contributed by atoms with Crippen molar-refractivity contribution >= 4 is 0 Å². The van der Waals surface area contributed by atoms with Crippen molar-refractivity contribution in [2.75, 3.05) is 6.61 Å². The second-order valence-corrected chi connectivity index (χ2v) is 2.76. The highest BCUT2D eigenvalue weighted by Gasteiger charge is 2.42. The number of aliphatic hydroxyl groups is 1. The van der Waals surface area contributed by atoms with Crippen molar-refractivity contribution in [3.63, 3.8) is 0 Å². The molecule has 1 rings (SSSR count). The minimum atomic E-state index is -3.08. The van der Waals surface area contributed by atoms with E-state index in [1.165, 1.54) is 0 Å². The Morgan fingerprint density at radius 1 is 1.46 bits per heavy atom. The molecule has 73 valence electrons. The van der Waals surface area contributed by atoms with Crippen LogP contribution in [-0.4, -0.2) is 17.4 Å². The maximum Gasteiger partial charge on any atom is 0.208 e. The third-order valence-corrected chi connectivity index (χ3v) is 1.81. The van der Waals surface area contributed by atoms with Gasteiger partial charge in [0.2, 0.25) is 5.67 Å². The van der Waals surface area contributed by atoms with Gasteiger partial charge in [0.25, 0.3) is 0 Å². The fraction of sp³-hybridized carbons (Fsp3) is 0.375. The van der Waals surface area contributed by atoms with Gasteiger partial charge >= 0.3 is 0 Å². The molecule has 1 nitrogen and oxygen atoms in total. The summed E-state index contributed by atoms with van der Waals surface area (Å²) in [4.78, 5) is 0. The Labute approximate surface area is 72.4 Å². The molecule has 0 aromatic carbocycles. The first-order valence-corrected chi connectivity index (χ1v) is 3.49. The van der Waals surface area contributed by atoms with Crippen LogP contribution in [0.25, 0.3) is 0 Å². The fourth-order valence-corrected chi connectivity index (χ4v) is 0.970. The monoisotopic (exact) mass is 195 g/mol. The van der Waals surface area contributed by atoms with Crippen molar-refractivity contribution < 1.29 is 22.7 Å². The summed E-state index contributed by atoms with van der Waals surface area (Å²) in [5.41, 5.74) is -3.08. The summed E-state index contributed by atoms with van der Waals surface area (Å²) in [6, 6.07) is 0. The maximum absolute atomic E-state index is 13.1. The Bertz CT molecular complexity index is 284. The predicted molar refractivity (Wildman–Crippen MR) is 38.2 cm³/mol. The third kappa shape index (κ3) is 1.48. The summed E-state index contributed by atoms with van der Waals surface area (Å²) in [6.45, 7) is 1.60. The first-order chi connectivity index (χ1) is 5.92. The van der Waals surface area contributed by atoms with E-state index in [1.54, 1.807) is 0 Å². The number of halogens is 4. The zero-order valence-corrected chi connectivity index (χ0v) is 6.53. The molecular formula is C8H7F4O. The third-order valence-electron chi connectivity index (χ3n) is 1.81. The van der Waals surface area contributed by atoms with E-state index >= 15 is 0 Å². The summed E-state index contributed by atoms with van der Waals surface area (Å²) in [6.07, 6.45) is 0.198. The van der Waals surface area contributed by atoms with Crippen molar-refractivity contribution in [2.24, 2.45) is 5.92 Å². The van der Waals surface area contributed by atoms with Crippen LogP contribution < -0.4 is 0 Å². The minimum Gasteiger partial charge on any atom is -0.392 e. The average Bonchev–Trinajstić information content (AvgIpc) is 2.12. The molecule has 5 heteroatoms. The molecule has 0 spiro atoms. The van der Waals surface area contributed by atoms with Crippen LogP contribution in [0.15, 0.2) is 23.6 Å². The highest BCUT2D eigenvalue weighted by Crippen LogP contribution is 2.39. The van der Waals surface area contributed by atoms with Crippen LogP contribution in [-0.2, 0) is 0 Å². The molecule has 2 unspecified atom stereocenters. The van der Waals surface area contributed by atoms with E-state index in [2.05, 4.69) is 6.92 Å². The molecule has 0 amide bonds. The number of hydrogen-bond donors (Lipinski definition) is 1. The molecule has 13 heavy (non-hydrogen) atoms. The smallest absolute Gasteiger partial charge is 0.208 e. The predicted octanol–water partition coefficient (Wildman–Crippen LogP) is 2.15. The van der Waals surface area contributed by atoms with Gasteiger partial charge in [0.15, 0.2) is 5.83 Å². The Kier molecular flexibility index (Phi) is 2.47. The van der Waals surface area contributed by atoms with Gasteiger partial charge < -0.3 is 5.11 Å². The van der Waals surface area contributed by atoms with Crippen LogP contribution in [0.1, 0.15) is 0 Å². The van der Waals surface area contributed by atoms with Gasteiger partial charge in [-0.2, -0.15) is 0 Å². The summed E-state index contributed by atoms with van der Waals surface area (Å²) in [5.74, 6) is -6.31. The zero-order chi connectivity index (χ0) is 10.2. The van der Waals surface area contributed by atoms with Crippen LogP contribution in [0, 0.1) is 12.8 Å². The normalized spacial score (nSPS) is 34.9. The molecule has 2 atom stereocenters. The van der Waals surface area contributed by atoms with Crippen LogP contribution in [0.4, 0.5) is 17.6 Å². The van der Waals surface area contributed by atoms with Crippen molar-refractivity contribution in [1.29, 1.82) is 0 Å². The van der Waals surface area contributed by atoms with E-state index in [1.807, 2.05) is 0 Å². The Hall–Kier alpha value is -0.840. The molecule has 0 fully saturated rings. The Morgan fingerprint density at radius 3 is 2.46 bits per heavy atom. The fourth-order valence-electron chi connectivity index (χ4n) is 0.970. The van der Waals surface area contributed by atoms with Gasteiger partial charge in [-0.3, -0.25) is 0 Å². The summed E-state index contributed by atoms with van der Waals surface area (Å²) in [7, 11) is 0. The van der Waals surface area contributed by atoms with Gasteiger partial charge in [-0.25, -0.2) is 17.6 Å². The molecule has 0 saturated carbocycles. The van der Waals surface area contributed by atoms with Crippen molar-refractivity contribution in [2.45, 2.75) is 5.67 Å². The number of aliphatic hydroxyl groups excluding tert-OH is 1. The van der Waals surface area contributed by atoms with E-state index in [4.69, 9.17) is 5.11 Å². The first-order valence-electron chi connectivity index (χ1n) is 3.49. The zero-order valence-electron chi connectivity index (χ0n) is 6.53. The highest BCUT2D eigenvalue weighted by atomic mass is 19.2. The van der Waals surface area contributed by atoms with Crippen molar-refractivity contribution in [3.8, 4) is 0 Å². The quantitative estimate of drug-likeness (QED) is 0.635. The van der Waals surface area contributed by atoms with Gasteiger partial charge in [0, 0.05) is 0 Å². The molecule has 1 N–H and O–H groups in total. The molecule has 0 saturated heterocycles. The van der Waals surface area contributed by atoms with Crippen molar-refractivity contribution in [1.82, 2.24) is 0 Å². The summed E-state index contributed by atoms with van der Waals surface area (Å²) >= 11 is 0. The average molecular weight is 195 g/mol. The minimum absolute atomic E-state index is 0.198. The summed E-state index contributed by atoms with van der Waals surface area (Å²) < 4.78 is 51.3. The van der Waals surface area contributed by atoms with Gasteiger partial charge in [-0.15, -0.1) is 0 Å². The number of hydrogen-bond acceptors (Lipinski definition) is 1. The largest absolute Gasteiger partial charge is 0.392 e. The standard InChI is InChI=1S/C8H7F4O/c1-4-5(9)2-8(12,3-13)7(11)6(4)10/h2,4,13H,1,3H2. The van der Waals surface area contributed by atoms with E-state index in [-0.39, 0.29) is 6.08 Å². The number of rotatable bonds is 1. The molecule has 0 bridgehead atoms. The Morgan fingerprint density at radius 2 is 2.00 bits per heavy atom. The SMILES string of the molecule is [CH2]C1C(F)=CC(F)(CO)C(F)=C1F. The van der Waals surface area contributed by atoms with E-state index < -0.39 is 35.7 Å². The van der Waals surface area contributed by atoms with E-state index in [0.29, 0.717) is 0 Å². The number of allylic oxidation sites excluding steroid dienone is 2. The molecule has 1 radical (unpaired) electrons. The topological polar surface area (TPSA) is 20.2 Å². The van der Waals surface area contributed by atoms with Crippen LogP contribution in [0.3, 0.4) is 0 Å². The van der Waals surface area contributed by atoms with Crippen LogP contribution in [0.2, 0.25) is 0 Å². The lowest BCUT2D eigenvalue weighted by molar-refractivity contribution is 0.110. The first kappa shape index (κ1) is 10.2. The number of alkyl halides is 1. The van der Waals surface area contributed by atoms with Crippen LogP contribution in [0.5, 0.6) is 0 Å². The molecule has 1 aliphatic rings. The van der Waals surface area contributed by atoms with Gasteiger partial charge in [0.05, 0.1) is 12.5 Å². The van der Waals surface area contributed by atoms with Crippen LogP contribution >= 0.6 is 0 Å².